The molecule has 3 aromatic rings. The number of hydrogen-bond acceptors (Lipinski definition) is 5. The second-order valence-corrected chi connectivity index (χ2v) is 6.39. The predicted molar refractivity (Wildman–Crippen MR) is 92.9 cm³/mol. The Kier molecular flexibility index (Phi) is 3.93. The summed E-state index contributed by atoms with van der Waals surface area (Å²) in [6.07, 6.45) is 0.308. The molecule has 1 aromatic heterocycles. The molecule has 1 aliphatic rings. The van der Waals surface area contributed by atoms with Gasteiger partial charge in [-0.3, -0.25) is 14.5 Å². The summed E-state index contributed by atoms with van der Waals surface area (Å²) in [6.45, 7) is 0.198. The van der Waals surface area contributed by atoms with Crippen LogP contribution in [0.2, 0.25) is 0 Å². The molecule has 2 amide bonds. The van der Waals surface area contributed by atoms with Crippen molar-refractivity contribution in [1.29, 1.82) is 0 Å². The molecule has 4 rings (SSSR count). The van der Waals surface area contributed by atoms with E-state index < -0.39 is 0 Å². The second kappa shape index (κ2) is 6.25. The molecule has 6 nitrogen and oxygen atoms in total. The lowest BCUT2D eigenvalue weighted by Gasteiger charge is -2.11. The zero-order valence-corrected chi connectivity index (χ0v) is 14.6. The summed E-state index contributed by atoms with van der Waals surface area (Å²) in [6, 6.07) is 14.3. The van der Waals surface area contributed by atoms with Crippen LogP contribution in [0.15, 0.2) is 57.4 Å². The molecule has 1 aliphatic heterocycles. The zero-order valence-electron chi connectivity index (χ0n) is 13.0. The molecule has 0 bridgehead atoms. The zero-order chi connectivity index (χ0) is 17.4. The molecule has 25 heavy (non-hydrogen) atoms. The molecule has 0 aliphatic carbocycles. The van der Waals surface area contributed by atoms with Crippen LogP contribution in [0, 0.1) is 0 Å². The lowest BCUT2D eigenvalue weighted by atomic mass is 10.1. The predicted octanol–water partition coefficient (Wildman–Crippen LogP) is 3.34. The highest BCUT2D eigenvalue weighted by Gasteiger charge is 2.34. The second-order valence-electron chi connectivity index (χ2n) is 5.54. The molecule has 0 N–H and O–H groups in total. The maximum Gasteiger partial charge on any atom is 0.261 e. The van der Waals surface area contributed by atoms with Crippen LogP contribution in [-0.2, 0) is 6.42 Å². The summed E-state index contributed by atoms with van der Waals surface area (Å²) < 4.78 is 6.51. The Morgan fingerprint density at radius 3 is 2.12 bits per heavy atom. The first-order valence-corrected chi connectivity index (χ1v) is 8.47. The van der Waals surface area contributed by atoms with E-state index in [1.54, 1.807) is 24.3 Å². The van der Waals surface area contributed by atoms with E-state index in [2.05, 4.69) is 26.1 Å². The van der Waals surface area contributed by atoms with E-state index in [1.165, 1.54) is 4.90 Å². The van der Waals surface area contributed by atoms with Crippen molar-refractivity contribution in [2.24, 2.45) is 0 Å². The Hall–Kier alpha value is -2.80. The molecular weight excluding hydrogens is 386 g/mol. The molecule has 0 spiro atoms. The van der Waals surface area contributed by atoms with Gasteiger partial charge >= 0.3 is 0 Å². The highest BCUT2D eigenvalue weighted by molar-refractivity contribution is 9.10. The van der Waals surface area contributed by atoms with E-state index >= 15 is 0 Å². The van der Waals surface area contributed by atoms with Gasteiger partial charge in [-0.25, -0.2) is 0 Å². The number of carbonyl (C=O) groups excluding carboxylic acids is 2. The number of benzene rings is 2. The number of rotatable bonds is 4. The minimum absolute atomic E-state index is 0.198. The van der Waals surface area contributed by atoms with Crippen molar-refractivity contribution in [1.82, 2.24) is 15.1 Å². The third kappa shape index (κ3) is 2.76. The normalized spacial score (nSPS) is 13.4. The van der Waals surface area contributed by atoms with Crippen LogP contribution in [0.1, 0.15) is 26.6 Å². The van der Waals surface area contributed by atoms with Gasteiger partial charge < -0.3 is 4.42 Å². The highest BCUT2D eigenvalue weighted by Crippen LogP contribution is 2.27. The molecule has 0 unspecified atom stereocenters. The number of carbonyl (C=O) groups is 2. The first kappa shape index (κ1) is 15.7. The number of aromatic nitrogens is 2. The molecule has 0 atom stereocenters. The van der Waals surface area contributed by atoms with E-state index in [1.807, 2.05) is 24.3 Å². The Labute approximate surface area is 151 Å². The van der Waals surface area contributed by atoms with Crippen LogP contribution < -0.4 is 0 Å². The van der Waals surface area contributed by atoms with Gasteiger partial charge in [0.25, 0.3) is 11.8 Å². The van der Waals surface area contributed by atoms with Gasteiger partial charge in [-0.15, -0.1) is 10.2 Å². The van der Waals surface area contributed by atoms with Crippen molar-refractivity contribution in [2.75, 3.05) is 6.54 Å². The summed E-state index contributed by atoms with van der Waals surface area (Å²) in [5.74, 6) is 0.199. The van der Waals surface area contributed by atoms with E-state index in [4.69, 9.17) is 4.42 Å². The molecule has 0 radical (unpaired) electrons. The number of amides is 2. The topological polar surface area (TPSA) is 76.3 Å². The summed E-state index contributed by atoms with van der Waals surface area (Å²) >= 11 is 3.44. The lowest BCUT2D eigenvalue weighted by Crippen LogP contribution is -2.31. The van der Waals surface area contributed by atoms with Gasteiger partial charge in [0.15, 0.2) is 0 Å². The quantitative estimate of drug-likeness (QED) is 0.631. The minimum Gasteiger partial charge on any atom is -0.421 e. The fraction of sp³-hybridized carbons (Fsp3) is 0.111. The molecule has 2 heterocycles. The molecule has 124 valence electrons. The number of nitrogens with zero attached hydrogens (tertiary/aromatic N) is 3. The third-order valence-corrected chi connectivity index (χ3v) is 4.69. The van der Waals surface area contributed by atoms with Gasteiger partial charge in [0.1, 0.15) is 0 Å². The van der Waals surface area contributed by atoms with Crippen LogP contribution in [0.3, 0.4) is 0 Å². The molecule has 0 fully saturated rings. The van der Waals surface area contributed by atoms with Crippen LogP contribution in [0.5, 0.6) is 0 Å². The monoisotopic (exact) mass is 397 g/mol. The van der Waals surface area contributed by atoms with Crippen molar-refractivity contribution in [3.63, 3.8) is 0 Å². The molecule has 2 aromatic carbocycles. The van der Waals surface area contributed by atoms with Gasteiger partial charge in [0.05, 0.1) is 16.7 Å². The van der Waals surface area contributed by atoms with Crippen molar-refractivity contribution < 1.29 is 14.0 Å². The average Bonchev–Trinajstić information content (AvgIpc) is 3.19. The number of halogens is 1. The fourth-order valence-corrected chi connectivity index (χ4v) is 3.20. The van der Waals surface area contributed by atoms with Gasteiger partial charge in [0.2, 0.25) is 11.8 Å². The Morgan fingerprint density at radius 2 is 1.48 bits per heavy atom. The first-order chi connectivity index (χ1) is 12.1. The van der Waals surface area contributed by atoms with Crippen molar-refractivity contribution in [3.8, 4) is 11.5 Å². The van der Waals surface area contributed by atoms with Crippen molar-refractivity contribution >= 4 is 27.7 Å². The Morgan fingerprint density at radius 1 is 0.880 bits per heavy atom. The van der Waals surface area contributed by atoms with Crippen LogP contribution >= 0.6 is 15.9 Å². The third-order valence-electron chi connectivity index (χ3n) is 4.00. The van der Waals surface area contributed by atoms with Crippen LogP contribution in [0.25, 0.3) is 11.5 Å². The summed E-state index contributed by atoms with van der Waals surface area (Å²) in [5.41, 5.74) is 1.67. The smallest absolute Gasteiger partial charge is 0.261 e. The van der Waals surface area contributed by atoms with E-state index in [0.717, 1.165) is 10.0 Å². The fourth-order valence-electron chi connectivity index (χ4n) is 2.75. The number of hydrogen-bond donors (Lipinski definition) is 0. The highest BCUT2D eigenvalue weighted by atomic mass is 79.9. The Bertz CT molecular complexity index is 948. The maximum absolute atomic E-state index is 12.3. The van der Waals surface area contributed by atoms with E-state index in [0.29, 0.717) is 29.3 Å². The van der Waals surface area contributed by atoms with E-state index in [9.17, 15) is 9.59 Å². The maximum atomic E-state index is 12.3. The van der Waals surface area contributed by atoms with Gasteiger partial charge in [-0.05, 0) is 40.2 Å². The number of imide groups is 1. The summed E-state index contributed by atoms with van der Waals surface area (Å²) in [5, 5.41) is 8.04. The van der Waals surface area contributed by atoms with Gasteiger partial charge in [0, 0.05) is 17.4 Å². The van der Waals surface area contributed by atoms with Gasteiger partial charge in [-0.1, -0.05) is 24.3 Å². The molecular formula is C18H12BrN3O3. The van der Waals surface area contributed by atoms with Crippen molar-refractivity contribution in [3.05, 3.63) is 70.0 Å². The van der Waals surface area contributed by atoms with Gasteiger partial charge in [-0.2, -0.15) is 0 Å². The molecule has 0 saturated carbocycles. The van der Waals surface area contributed by atoms with Crippen molar-refractivity contribution in [2.45, 2.75) is 6.42 Å². The largest absolute Gasteiger partial charge is 0.421 e. The minimum atomic E-state index is -0.286. The molecule has 7 heteroatoms. The standard InChI is InChI=1S/C18H12BrN3O3/c19-14-8-4-3-7-13(14)16-21-20-15(25-16)9-10-22-17(23)11-5-1-2-6-12(11)18(22)24/h1-8H,9-10H2. The number of fused-ring (bicyclic) bond motifs is 1. The van der Waals surface area contributed by atoms with E-state index in [-0.39, 0.29) is 18.4 Å². The summed E-state index contributed by atoms with van der Waals surface area (Å²) in [4.78, 5) is 25.9. The first-order valence-electron chi connectivity index (χ1n) is 7.67. The lowest BCUT2D eigenvalue weighted by molar-refractivity contribution is 0.0654. The SMILES string of the molecule is O=C1c2ccccc2C(=O)N1CCc1nnc(-c2ccccc2Br)o1. The summed E-state index contributed by atoms with van der Waals surface area (Å²) in [7, 11) is 0. The molecule has 0 saturated heterocycles. The Balaban J connectivity index is 1.49. The van der Waals surface area contributed by atoms with Crippen LogP contribution in [-0.4, -0.2) is 33.5 Å². The average molecular weight is 398 g/mol. The van der Waals surface area contributed by atoms with Crippen LogP contribution in [0.4, 0.5) is 0 Å².